The van der Waals surface area contributed by atoms with Gasteiger partial charge in [0, 0.05) is 25.4 Å². The number of hydrogen-bond acceptors (Lipinski definition) is 4. The molecule has 0 aliphatic rings. The second-order valence-electron chi connectivity index (χ2n) is 5.54. The summed E-state index contributed by atoms with van der Waals surface area (Å²) in [5.74, 6) is 1.19. The second-order valence-corrected chi connectivity index (χ2v) is 6.31. The van der Waals surface area contributed by atoms with Gasteiger partial charge in [0.2, 0.25) is 5.91 Å². The summed E-state index contributed by atoms with van der Waals surface area (Å²) in [6.45, 7) is 6.50. The molecule has 2 aromatic rings. The van der Waals surface area contributed by atoms with Crippen LogP contribution in [0.25, 0.3) is 0 Å². The molecular weight excluding hydrogens is 298 g/mol. The smallest absolute Gasteiger partial charge is 0.243 e. The van der Waals surface area contributed by atoms with Crippen LogP contribution in [0, 0.1) is 0 Å². The summed E-state index contributed by atoms with van der Waals surface area (Å²) in [7, 11) is 1.95. The minimum atomic E-state index is -0.284. The summed E-state index contributed by atoms with van der Waals surface area (Å²) in [5.41, 5.74) is 0.986. The van der Waals surface area contributed by atoms with Gasteiger partial charge in [-0.15, -0.1) is 0 Å². The van der Waals surface area contributed by atoms with E-state index in [1.807, 2.05) is 35.6 Å². The van der Waals surface area contributed by atoms with Gasteiger partial charge in [-0.05, 0) is 13.2 Å². The molecule has 2 heterocycles. The average molecular weight is 321 g/mol. The first kappa shape index (κ1) is 16.6. The molecule has 1 N–H and O–H groups in total. The van der Waals surface area contributed by atoms with Crippen molar-refractivity contribution in [3.63, 3.8) is 0 Å². The molecule has 0 bridgehead atoms. The van der Waals surface area contributed by atoms with E-state index >= 15 is 0 Å². The first-order valence-electron chi connectivity index (χ1n) is 7.30. The van der Waals surface area contributed by atoms with Crippen molar-refractivity contribution in [2.75, 3.05) is 6.26 Å². The van der Waals surface area contributed by atoms with Gasteiger partial charge in [0.15, 0.2) is 5.16 Å². The lowest BCUT2D eigenvalue weighted by Crippen LogP contribution is -2.31. The second kappa shape index (κ2) is 7.00. The van der Waals surface area contributed by atoms with E-state index in [9.17, 15) is 4.79 Å². The first-order chi connectivity index (χ1) is 10.5. The number of aromatic nitrogens is 4. The molecule has 0 aliphatic heterocycles. The minimum absolute atomic E-state index is 0.0215. The average Bonchev–Trinajstić information content (AvgIpc) is 3.10. The molecule has 22 heavy (non-hydrogen) atoms. The normalized spacial score (nSPS) is 12.6. The molecular formula is C15H23N5OS. The lowest BCUT2D eigenvalue weighted by Gasteiger charge is -2.18. The van der Waals surface area contributed by atoms with Gasteiger partial charge < -0.3 is 14.5 Å². The standard InChI is InChI=1S/C15H23N5OS/c1-10(2)13-16-6-7-20(13)11(3)14(21)17-8-12-9-18-15(22-5)19(12)4/h6-7,9-11H,8H2,1-5H3,(H,17,21)/t11-/m1/s1. The highest BCUT2D eigenvalue weighted by atomic mass is 32.2. The van der Waals surface area contributed by atoms with Gasteiger partial charge in [0.05, 0.1) is 18.4 Å². The van der Waals surface area contributed by atoms with Crippen LogP contribution in [-0.2, 0) is 18.4 Å². The predicted molar refractivity (Wildman–Crippen MR) is 87.9 cm³/mol. The van der Waals surface area contributed by atoms with Crippen molar-refractivity contribution in [1.82, 2.24) is 24.4 Å². The summed E-state index contributed by atoms with van der Waals surface area (Å²) in [5, 5.41) is 3.91. The third-order valence-electron chi connectivity index (χ3n) is 3.68. The molecule has 0 spiro atoms. The summed E-state index contributed by atoms with van der Waals surface area (Å²) in [4.78, 5) is 21.0. The van der Waals surface area contributed by atoms with Crippen molar-refractivity contribution in [3.05, 3.63) is 30.1 Å². The van der Waals surface area contributed by atoms with E-state index in [2.05, 4.69) is 29.1 Å². The molecule has 0 unspecified atom stereocenters. The molecule has 0 aromatic carbocycles. The molecule has 7 heteroatoms. The Labute approximate surface area is 135 Å². The zero-order valence-electron chi connectivity index (χ0n) is 13.7. The van der Waals surface area contributed by atoms with Crippen molar-refractivity contribution in [2.24, 2.45) is 7.05 Å². The summed E-state index contributed by atoms with van der Waals surface area (Å²) >= 11 is 1.59. The van der Waals surface area contributed by atoms with E-state index in [0.717, 1.165) is 16.7 Å². The van der Waals surface area contributed by atoms with Gasteiger partial charge >= 0.3 is 0 Å². The molecule has 2 rings (SSSR count). The highest BCUT2D eigenvalue weighted by Crippen LogP contribution is 2.18. The van der Waals surface area contributed by atoms with E-state index in [1.165, 1.54) is 0 Å². The van der Waals surface area contributed by atoms with Crippen LogP contribution in [0.5, 0.6) is 0 Å². The molecule has 0 saturated heterocycles. The molecule has 2 aromatic heterocycles. The van der Waals surface area contributed by atoms with Gasteiger partial charge in [-0.3, -0.25) is 4.79 Å². The number of rotatable bonds is 6. The monoisotopic (exact) mass is 321 g/mol. The SMILES string of the molecule is CSc1ncc(CNC(=O)[C@@H](C)n2ccnc2C(C)C)n1C. The molecule has 0 saturated carbocycles. The predicted octanol–water partition coefficient (Wildman–Crippen LogP) is 2.34. The lowest BCUT2D eigenvalue weighted by molar-refractivity contribution is -0.124. The number of thioether (sulfide) groups is 1. The number of carbonyl (C=O) groups excluding carboxylic acids is 1. The summed E-state index contributed by atoms with van der Waals surface area (Å²) in [6, 6.07) is -0.284. The lowest BCUT2D eigenvalue weighted by atomic mass is 10.2. The molecule has 1 atom stereocenters. The first-order valence-corrected chi connectivity index (χ1v) is 8.53. The molecule has 120 valence electrons. The Balaban J connectivity index is 2.02. The molecule has 0 radical (unpaired) electrons. The summed E-state index contributed by atoms with van der Waals surface area (Å²) < 4.78 is 3.92. The van der Waals surface area contributed by atoms with Crippen molar-refractivity contribution < 1.29 is 4.79 Å². The number of nitrogens with one attached hydrogen (secondary N) is 1. The van der Waals surface area contributed by atoms with Crippen LogP contribution in [0.4, 0.5) is 0 Å². The van der Waals surface area contributed by atoms with Crippen LogP contribution in [0.2, 0.25) is 0 Å². The van der Waals surface area contributed by atoms with Crippen LogP contribution in [0.1, 0.15) is 44.2 Å². The Morgan fingerprint density at radius 3 is 2.68 bits per heavy atom. The van der Waals surface area contributed by atoms with Crippen LogP contribution >= 0.6 is 11.8 Å². The number of hydrogen-bond donors (Lipinski definition) is 1. The van der Waals surface area contributed by atoms with E-state index in [1.54, 1.807) is 24.2 Å². The maximum Gasteiger partial charge on any atom is 0.243 e. The maximum atomic E-state index is 12.4. The fraction of sp³-hybridized carbons (Fsp3) is 0.533. The quantitative estimate of drug-likeness (QED) is 0.830. The van der Waals surface area contributed by atoms with Crippen molar-refractivity contribution >= 4 is 17.7 Å². The van der Waals surface area contributed by atoms with Crippen molar-refractivity contribution in [2.45, 2.75) is 44.4 Å². The zero-order valence-corrected chi connectivity index (χ0v) is 14.5. The molecule has 0 aliphatic carbocycles. The Kier molecular flexibility index (Phi) is 5.28. The number of amides is 1. The topological polar surface area (TPSA) is 64.7 Å². The zero-order chi connectivity index (χ0) is 16.3. The van der Waals surface area contributed by atoms with Crippen molar-refractivity contribution in [1.29, 1.82) is 0 Å². The largest absolute Gasteiger partial charge is 0.349 e. The van der Waals surface area contributed by atoms with Gasteiger partial charge in [0.1, 0.15) is 11.9 Å². The minimum Gasteiger partial charge on any atom is -0.349 e. The van der Waals surface area contributed by atoms with Gasteiger partial charge in [-0.1, -0.05) is 25.6 Å². The summed E-state index contributed by atoms with van der Waals surface area (Å²) in [6.07, 6.45) is 7.38. The van der Waals surface area contributed by atoms with Crippen LogP contribution in [0.3, 0.4) is 0 Å². The molecule has 1 amide bonds. The Morgan fingerprint density at radius 2 is 2.09 bits per heavy atom. The van der Waals surface area contributed by atoms with Gasteiger partial charge in [-0.25, -0.2) is 9.97 Å². The molecule has 0 fully saturated rings. The Hall–Kier alpha value is -1.76. The Morgan fingerprint density at radius 1 is 1.36 bits per heavy atom. The third kappa shape index (κ3) is 3.35. The highest BCUT2D eigenvalue weighted by molar-refractivity contribution is 7.98. The Bertz CT molecular complexity index is 646. The van der Waals surface area contributed by atoms with Crippen LogP contribution < -0.4 is 5.32 Å². The number of carbonyl (C=O) groups is 1. The van der Waals surface area contributed by atoms with Crippen LogP contribution in [0.15, 0.2) is 23.7 Å². The number of nitrogens with zero attached hydrogens (tertiary/aromatic N) is 4. The fourth-order valence-electron chi connectivity index (χ4n) is 2.33. The van der Waals surface area contributed by atoms with Gasteiger partial charge in [0.25, 0.3) is 0 Å². The van der Waals surface area contributed by atoms with Gasteiger partial charge in [-0.2, -0.15) is 0 Å². The number of imidazole rings is 2. The van der Waals surface area contributed by atoms with E-state index in [-0.39, 0.29) is 17.9 Å². The van der Waals surface area contributed by atoms with E-state index in [0.29, 0.717) is 6.54 Å². The van der Waals surface area contributed by atoms with E-state index in [4.69, 9.17) is 0 Å². The maximum absolute atomic E-state index is 12.4. The molecule has 6 nitrogen and oxygen atoms in total. The third-order valence-corrected chi connectivity index (χ3v) is 4.42. The highest BCUT2D eigenvalue weighted by Gasteiger charge is 2.19. The van der Waals surface area contributed by atoms with Crippen molar-refractivity contribution in [3.8, 4) is 0 Å². The fourth-order valence-corrected chi connectivity index (χ4v) is 2.88. The van der Waals surface area contributed by atoms with Crippen LogP contribution in [-0.4, -0.2) is 31.3 Å². The van der Waals surface area contributed by atoms with E-state index < -0.39 is 0 Å².